The molecule has 0 aliphatic carbocycles. The Balaban J connectivity index is 0.00000242. The molecule has 1 aliphatic rings. The van der Waals surface area contributed by atoms with Gasteiger partial charge in [0.25, 0.3) is 0 Å². The zero-order valence-corrected chi connectivity index (χ0v) is 14.0. The molecule has 2 N–H and O–H groups in total. The first-order valence-corrected chi connectivity index (χ1v) is 7.36. The van der Waals surface area contributed by atoms with Crippen molar-refractivity contribution < 1.29 is 14.3 Å². The number of benzene rings is 1. The molecule has 6 heteroatoms. The maximum absolute atomic E-state index is 12.2. The maximum atomic E-state index is 12.2. The molecule has 0 spiro atoms. The van der Waals surface area contributed by atoms with E-state index in [1.54, 1.807) is 14.2 Å². The van der Waals surface area contributed by atoms with Gasteiger partial charge in [-0.05, 0) is 49.1 Å². The number of rotatable bonds is 6. The summed E-state index contributed by atoms with van der Waals surface area (Å²) in [5.74, 6) is 2.23. The molecule has 1 atom stereocenters. The normalized spacial score (nSPS) is 17.0. The van der Waals surface area contributed by atoms with Crippen LogP contribution in [-0.4, -0.2) is 44.7 Å². The molecule has 1 aromatic rings. The summed E-state index contributed by atoms with van der Waals surface area (Å²) >= 11 is 0. The average molecular weight is 329 g/mol. The molecular formula is C16H25ClN2O3. The average Bonchev–Trinajstić information content (AvgIpc) is 3.01. The number of halogens is 1. The number of ether oxygens (including phenoxy) is 2. The van der Waals surface area contributed by atoms with E-state index in [4.69, 9.17) is 15.2 Å². The fourth-order valence-corrected chi connectivity index (χ4v) is 2.73. The summed E-state index contributed by atoms with van der Waals surface area (Å²) < 4.78 is 10.6. The zero-order valence-electron chi connectivity index (χ0n) is 13.2. The van der Waals surface area contributed by atoms with Gasteiger partial charge in [0.15, 0.2) is 0 Å². The number of likely N-dealkylation sites (tertiary alicyclic amines) is 1. The molecule has 5 nitrogen and oxygen atoms in total. The van der Waals surface area contributed by atoms with Crippen LogP contribution in [0.25, 0.3) is 0 Å². The van der Waals surface area contributed by atoms with E-state index in [0.717, 1.165) is 36.6 Å². The molecule has 0 saturated carbocycles. The highest BCUT2D eigenvalue weighted by Crippen LogP contribution is 2.25. The molecule has 1 amide bonds. The number of methoxy groups -OCH3 is 2. The lowest BCUT2D eigenvalue weighted by Crippen LogP contribution is -2.30. The predicted octanol–water partition coefficient (Wildman–Crippen LogP) is 1.87. The van der Waals surface area contributed by atoms with Crippen molar-refractivity contribution in [3.05, 3.63) is 23.8 Å². The van der Waals surface area contributed by atoms with Gasteiger partial charge in [-0.25, -0.2) is 0 Å². The van der Waals surface area contributed by atoms with Crippen LogP contribution in [-0.2, 0) is 11.2 Å². The highest BCUT2D eigenvalue weighted by molar-refractivity contribution is 5.85. The maximum Gasteiger partial charge on any atom is 0.222 e. The Bertz CT molecular complexity index is 496. The Labute approximate surface area is 138 Å². The summed E-state index contributed by atoms with van der Waals surface area (Å²) in [6, 6.07) is 5.66. The third kappa shape index (κ3) is 4.52. The van der Waals surface area contributed by atoms with Gasteiger partial charge >= 0.3 is 0 Å². The molecule has 2 rings (SSSR count). The first-order valence-electron chi connectivity index (χ1n) is 7.36. The first-order chi connectivity index (χ1) is 10.2. The molecule has 124 valence electrons. The van der Waals surface area contributed by atoms with E-state index in [1.807, 2.05) is 23.1 Å². The van der Waals surface area contributed by atoms with Crippen LogP contribution in [0.2, 0.25) is 0 Å². The van der Waals surface area contributed by atoms with Crippen molar-refractivity contribution in [1.82, 2.24) is 4.90 Å². The van der Waals surface area contributed by atoms with E-state index in [-0.39, 0.29) is 18.3 Å². The van der Waals surface area contributed by atoms with E-state index in [9.17, 15) is 4.79 Å². The summed E-state index contributed by atoms with van der Waals surface area (Å²) in [7, 11) is 3.27. The molecule has 22 heavy (non-hydrogen) atoms. The van der Waals surface area contributed by atoms with Crippen molar-refractivity contribution in [2.24, 2.45) is 11.7 Å². The van der Waals surface area contributed by atoms with Gasteiger partial charge in [-0.3, -0.25) is 4.79 Å². The third-order valence-corrected chi connectivity index (χ3v) is 4.07. The van der Waals surface area contributed by atoms with Crippen LogP contribution in [0.4, 0.5) is 0 Å². The van der Waals surface area contributed by atoms with Gasteiger partial charge in [-0.1, -0.05) is 0 Å². The summed E-state index contributed by atoms with van der Waals surface area (Å²) in [6.07, 6.45) is 2.16. The second kappa shape index (κ2) is 8.86. The SMILES string of the molecule is COc1ccc(OC)c(CCC(=O)N2CCC(CN)C2)c1.Cl. The van der Waals surface area contributed by atoms with E-state index >= 15 is 0 Å². The van der Waals surface area contributed by atoms with Crippen molar-refractivity contribution in [3.8, 4) is 11.5 Å². The van der Waals surface area contributed by atoms with Gasteiger partial charge in [0, 0.05) is 19.5 Å². The van der Waals surface area contributed by atoms with Crippen LogP contribution >= 0.6 is 12.4 Å². The smallest absolute Gasteiger partial charge is 0.222 e. The summed E-state index contributed by atoms with van der Waals surface area (Å²) in [4.78, 5) is 14.2. The first kappa shape index (κ1) is 18.6. The Kier molecular flexibility index (Phi) is 7.48. The molecule has 1 saturated heterocycles. The van der Waals surface area contributed by atoms with E-state index in [2.05, 4.69) is 0 Å². The minimum Gasteiger partial charge on any atom is -0.497 e. The van der Waals surface area contributed by atoms with Crippen LogP contribution < -0.4 is 15.2 Å². The van der Waals surface area contributed by atoms with Gasteiger partial charge in [0.2, 0.25) is 5.91 Å². The van der Waals surface area contributed by atoms with E-state index < -0.39 is 0 Å². The molecule has 1 aromatic carbocycles. The number of hydrogen-bond acceptors (Lipinski definition) is 4. The third-order valence-electron chi connectivity index (χ3n) is 4.07. The van der Waals surface area contributed by atoms with Gasteiger partial charge in [0.05, 0.1) is 14.2 Å². The second-order valence-corrected chi connectivity index (χ2v) is 5.41. The van der Waals surface area contributed by atoms with Gasteiger partial charge in [-0.15, -0.1) is 12.4 Å². The Morgan fingerprint density at radius 3 is 2.73 bits per heavy atom. The summed E-state index contributed by atoms with van der Waals surface area (Å²) in [6.45, 7) is 2.29. The molecular weight excluding hydrogens is 304 g/mol. The second-order valence-electron chi connectivity index (χ2n) is 5.41. The minimum absolute atomic E-state index is 0. The number of nitrogens with two attached hydrogens (primary N) is 1. The van der Waals surface area contributed by atoms with Crippen LogP contribution in [0.5, 0.6) is 11.5 Å². The monoisotopic (exact) mass is 328 g/mol. The van der Waals surface area contributed by atoms with Crippen LogP contribution in [0.3, 0.4) is 0 Å². The molecule has 0 radical (unpaired) electrons. The lowest BCUT2D eigenvalue weighted by Gasteiger charge is -2.17. The highest BCUT2D eigenvalue weighted by atomic mass is 35.5. The van der Waals surface area contributed by atoms with Crippen molar-refractivity contribution in [2.45, 2.75) is 19.3 Å². The van der Waals surface area contributed by atoms with Crippen molar-refractivity contribution in [3.63, 3.8) is 0 Å². The topological polar surface area (TPSA) is 64.8 Å². The van der Waals surface area contributed by atoms with Gasteiger partial charge in [0.1, 0.15) is 11.5 Å². The number of nitrogens with zero attached hydrogens (tertiary/aromatic N) is 1. The number of amides is 1. The molecule has 0 bridgehead atoms. The number of hydrogen-bond donors (Lipinski definition) is 1. The summed E-state index contributed by atoms with van der Waals surface area (Å²) in [5, 5.41) is 0. The van der Waals surface area contributed by atoms with Crippen molar-refractivity contribution >= 4 is 18.3 Å². The van der Waals surface area contributed by atoms with E-state index in [1.165, 1.54) is 0 Å². The molecule has 0 aromatic heterocycles. The van der Waals surface area contributed by atoms with E-state index in [0.29, 0.717) is 25.3 Å². The number of carbonyl (C=O) groups excluding carboxylic acids is 1. The predicted molar refractivity (Wildman–Crippen MR) is 88.9 cm³/mol. The van der Waals surface area contributed by atoms with Crippen LogP contribution in [0.15, 0.2) is 18.2 Å². The van der Waals surface area contributed by atoms with Crippen LogP contribution in [0.1, 0.15) is 18.4 Å². The molecule has 1 fully saturated rings. The lowest BCUT2D eigenvalue weighted by atomic mass is 10.1. The Morgan fingerprint density at radius 2 is 2.14 bits per heavy atom. The standard InChI is InChI=1S/C16H24N2O3.ClH/c1-20-14-4-5-15(21-2)13(9-14)3-6-16(19)18-8-7-12(10-17)11-18;/h4-5,9,12H,3,6-8,10-11,17H2,1-2H3;1H. The van der Waals surface area contributed by atoms with Crippen LogP contribution in [0, 0.1) is 5.92 Å². The van der Waals surface area contributed by atoms with Crippen molar-refractivity contribution in [2.75, 3.05) is 33.9 Å². The van der Waals surface area contributed by atoms with Gasteiger partial charge < -0.3 is 20.1 Å². The molecule has 1 unspecified atom stereocenters. The Morgan fingerprint density at radius 1 is 1.36 bits per heavy atom. The zero-order chi connectivity index (χ0) is 15.2. The minimum atomic E-state index is 0. The molecule has 1 aliphatic heterocycles. The largest absolute Gasteiger partial charge is 0.497 e. The number of carbonyl (C=O) groups is 1. The fourth-order valence-electron chi connectivity index (χ4n) is 2.73. The summed E-state index contributed by atoms with van der Waals surface area (Å²) in [5.41, 5.74) is 6.66. The lowest BCUT2D eigenvalue weighted by molar-refractivity contribution is -0.130. The molecule has 1 heterocycles. The highest BCUT2D eigenvalue weighted by Gasteiger charge is 2.24. The fraction of sp³-hybridized carbons (Fsp3) is 0.562. The Hall–Kier alpha value is -1.46. The van der Waals surface area contributed by atoms with Gasteiger partial charge in [-0.2, -0.15) is 0 Å². The quantitative estimate of drug-likeness (QED) is 0.865. The number of aryl methyl sites for hydroxylation is 1. The van der Waals surface area contributed by atoms with Crippen molar-refractivity contribution in [1.29, 1.82) is 0 Å².